The number of aryl methyl sites for hydroxylation is 1. The molecule has 2 aromatic rings. The number of likely N-dealkylation sites (tertiary alicyclic amines) is 1. The van der Waals surface area contributed by atoms with Crippen molar-refractivity contribution in [2.75, 3.05) is 38.2 Å². The third-order valence-electron chi connectivity index (χ3n) is 10.6. The Kier molecular flexibility index (Phi) is 10.6. The van der Waals surface area contributed by atoms with E-state index in [9.17, 15) is 26.8 Å². The molecule has 266 valence electrons. The summed E-state index contributed by atoms with van der Waals surface area (Å²) in [6.07, 6.45) is 8.29. The van der Waals surface area contributed by atoms with Crippen molar-refractivity contribution >= 4 is 39.1 Å². The average Bonchev–Trinajstić information content (AvgIpc) is 3.06. The summed E-state index contributed by atoms with van der Waals surface area (Å²) in [5, 5.41) is 0.664. The molecule has 9 nitrogen and oxygen atoms in total. The smallest absolute Gasteiger partial charge is 0.282 e. The van der Waals surface area contributed by atoms with E-state index in [2.05, 4.69) is 9.62 Å². The van der Waals surface area contributed by atoms with Gasteiger partial charge in [0.25, 0.3) is 15.9 Å². The molecule has 0 aromatic heterocycles. The maximum Gasteiger partial charge on any atom is 0.282 e. The molecular formula is C36H44ClF2N3O6S. The van der Waals surface area contributed by atoms with Crippen LogP contribution in [0.25, 0.3) is 0 Å². The molecule has 0 radical (unpaired) electrons. The summed E-state index contributed by atoms with van der Waals surface area (Å²) in [7, 11) is -2.70. The molecule has 6 rings (SSSR count). The molecule has 1 saturated heterocycles. The molecule has 2 bridgehead atoms. The maximum absolute atomic E-state index is 13.8. The van der Waals surface area contributed by atoms with Gasteiger partial charge in [0.05, 0.1) is 35.7 Å². The molecule has 1 N–H and O–H groups in total. The van der Waals surface area contributed by atoms with Crippen LogP contribution in [-0.4, -0.2) is 70.4 Å². The Morgan fingerprint density at radius 2 is 1.92 bits per heavy atom. The van der Waals surface area contributed by atoms with Crippen LogP contribution >= 0.6 is 11.6 Å². The Hall–Kier alpha value is -3.22. The maximum atomic E-state index is 13.8. The third kappa shape index (κ3) is 8.07. The van der Waals surface area contributed by atoms with Crippen LogP contribution in [0.15, 0.2) is 53.4 Å². The highest BCUT2D eigenvalue weighted by Crippen LogP contribution is 2.42. The number of amides is 2. The van der Waals surface area contributed by atoms with E-state index in [1.807, 2.05) is 30.4 Å². The SMILES string of the molecule is CO[C@@H]1/C=C/C[C@H](C)[C@@H](CC(=O)N2CC(F)(F)C2)C(=O)NS(=O)(=O)c2ccc3c(c2)N(CCCCc2cc(Cl)ccc2CO3)C[C@@H]2CC[C@H]21. The summed E-state index contributed by atoms with van der Waals surface area (Å²) >= 11 is 6.32. The fourth-order valence-electron chi connectivity index (χ4n) is 7.44. The predicted molar refractivity (Wildman–Crippen MR) is 182 cm³/mol. The second-order valence-corrected chi connectivity index (χ2v) is 16.1. The van der Waals surface area contributed by atoms with Crippen LogP contribution in [-0.2, 0) is 37.4 Å². The lowest BCUT2D eigenvalue weighted by Gasteiger charge is -2.43. The normalized spacial score (nSPS) is 29.0. The minimum absolute atomic E-state index is 0.109. The lowest BCUT2D eigenvalue weighted by Crippen LogP contribution is -2.59. The van der Waals surface area contributed by atoms with E-state index >= 15 is 0 Å². The Morgan fingerprint density at radius 3 is 2.63 bits per heavy atom. The molecule has 1 aliphatic carbocycles. The Bertz CT molecular complexity index is 1700. The largest absolute Gasteiger partial charge is 0.487 e. The van der Waals surface area contributed by atoms with Gasteiger partial charge < -0.3 is 19.3 Å². The van der Waals surface area contributed by atoms with Gasteiger partial charge in [-0.1, -0.05) is 36.7 Å². The minimum atomic E-state index is -4.38. The fraction of sp³-hybridized carbons (Fsp3) is 0.556. The summed E-state index contributed by atoms with van der Waals surface area (Å²) in [4.78, 5) is 29.8. The molecule has 0 spiro atoms. The number of anilines is 1. The first-order valence-electron chi connectivity index (χ1n) is 17.0. The van der Waals surface area contributed by atoms with E-state index in [-0.39, 0.29) is 35.9 Å². The first kappa shape index (κ1) is 35.6. The first-order valence-corrected chi connectivity index (χ1v) is 18.9. The number of nitrogens with one attached hydrogen (secondary N) is 1. The van der Waals surface area contributed by atoms with E-state index < -0.39 is 52.7 Å². The lowest BCUT2D eigenvalue weighted by atomic mass is 9.70. The number of benzene rings is 2. The molecule has 2 aromatic carbocycles. The Morgan fingerprint density at radius 1 is 1.12 bits per heavy atom. The molecule has 49 heavy (non-hydrogen) atoms. The second kappa shape index (κ2) is 14.6. The van der Waals surface area contributed by atoms with Crippen molar-refractivity contribution in [3.63, 3.8) is 0 Å². The quantitative estimate of drug-likeness (QED) is 0.389. The number of hydrogen-bond donors (Lipinski definition) is 1. The summed E-state index contributed by atoms with van der Waals surface area (Å²) in [6.45, 7) is 1.96. The van der Waals surface area contributed by atoms with Crippen molar-refractivity contribution in [2.24, 2.45) is 23.7 Å². The van der Waals surface area contributed by atoms with Gasteiger partial charge in [0, 0.05) is 31.6 Å². The number of rotatable bonds is 3. The molecule has 0 unspecified atom stereocenters. The average molecular weight is 720 g/mol. The number of ether oxygens (including phenoxy) is 2. The van der Waals surface area contributed by atoms with E-state index in [1.54, 1.807) is 26.2 Å². The van der Waals surface area contributed by atoms with Crippen molar-refractivity contribution in [1.82, 2.24) is 9.62 Å². The van der Waals surface area contributed by atoms with Crippen LogP contribution in [0.1, 0.15) is 56.6 Å². The number of carbonyl (C=O) groups excluding carboxylic acids is 2. The van der Waals surface area contributed by atoms with Gasteiger partial charge >= 0.3 is 0 Å². The van der Waals surface area contributed by atoms with Gasteiger partial charge in [0.15, 0.2) is 0 Å². The molecule has 2 amide bonds. The molecule has 4 aliphatic rings. The fourth-order valence-corrected chi connectivity index (χ4v) is 8.68. The molecule has 1 saturated carbocycles. The highest BCUT2D eigenvalue weighted by molar-refractivity contribution is 7.90. The second-order valence-electron chi connectivity index (χ2n) is 14.0. The van der Waals surface area contributed by atoms with Crippen molar-refractivity contribution in [2.45, 2.75) is 75.4 Å². The monoisotopic (exact) mass is 719 g/mol. The number of allylic oxidation sites excluding steroid dienone is 1. The number of carbonyl (C=O) groups is 2. The van der Waals surface area contributed by atoms with Crippen molar-refractivity contribution < 1.29 is 36.3 Å². The number of halogens is 3. The van der Waals surface area contributed by atoms with Crippen LogP contribution < -0.4 is 14.4 Å². The van der Waals surface area contributed by atoms with Crippen molar-refractivity contribution in [3.05, 3.63) is 64.7 Å². The zero-order chi connectivity index (χ0) is 34.9. The molecule has 13 heteroatoms. The summed E-state index contributed by atoms with van der Waals surface area (Å²) in [6, 6.07) is 10.4. The van der Waals surface area contributed by atoms with Crippen LogP contribution in [0.5, 0.6) is 5.75 Å². The summed E-state index contributed by atoms with van der Waals surface area (Å²) in [5.74, 6) is -4.91. The number of nitrogens with zero attached hydrogens (tertiary/aromatic N) is 2. The molecule has 3 heterocycles. The zero-order valence-electron chi connectivity index (χ0n) is 27.9. The van der Waals surface area contributed by atoms with E-state index in [0.717, 1.165) is 48.1 Å². The molecule has 2 fully saturated rings. The zero-order valence-corrected chi connectivity index (χ0v) is 29.4. The van der Waals surface area contributed by atoms with E-state index in [0.29, 0.717) is 36.0 Å². The number of alkyl halides is 2. The van der Waals surface area contributed by atoms with E-state index in [4.69, 9.17) is 21.1 Å². The van der Waals surface area contributed by atoms with Crippen LogP contribution in [0.3, 0.4) is 0 Å². The number of fused-ring (bicyclic) bond motifs is 3. The van der Waals surface area contributed by atoms with Crippen LogP contribution in [0.4, 0.5) is 14.5 Å². The summed E-state index contributed by atoms with van der Waals surface area (Å²) in [5.41, 5.74) is 2.75. The number of hydrogen-bond acceptors (Lipinski definition) is 7. The van der Waals surface area contributed by atoms with Gasteiger partial charge in [-0.2, -0.15) is 0 Å². The predicted octanol–water partition coefficient (Wildman–Crippen LogP) is 5.99. The minimum Gasteiger partial charge on any atom is -0.487 e. The summed E-state index contributed by atoms with van der Waals surface area (Å²) < 4.78 is 69.3. The topological polar surface area (TPSA) is 105 Å². The molecular weight excluding hydrogens is 676 g/mol. The third-order valence-corrected chi connectivity index (χ3v) is 12.1. The standard InChI is InChI=1S/C36H44ClF2N3O6S/c1-23-6-5-8-32(47-2)29-13-10-25(29)19-41-15-4-3-7-24-16-27(37)11-9-26(24)20-48-33-14-12-28(17-31(33)41)49(45,46)40-35(44)30(23)18-34(43)42-21-36(38,39)22-42/h5,8-9,11-12,14,16-17,23,25,29-30,32H,3-4,6-7,10,13,15,18-22H2,1-2H3,(H,40,44)/b8-5+/t23-,25-,29+,30+,32+/m0/s1. The Labute approximate surface area is 292 Å². The Balaban J connectivity index is 1.36. The number of sulfonamides is 1. The molecule has 3 aliphatic heterocycles. The number of methoxy groups -OCH3 is 1. The van der Waals surface area contributed by atoms with Crippen molar-refractivity contribution in [1.29, 1.82) is 0 Å². The highest BCUT2D eigenvalue weighted by atomic mass is 35.5. The van der Waals surface area contributed by atoms with E-state index in [1.165, 1.54) is 6.07 Å². The van der Waals surface area contributed by atoms with Gasteiger partial charge in [0.1, 0.15) is 12.4 Å². The highest BCUT2D eigenvalue weighted by Gasteiger charge is 2.47. The first-order chi connectivity index (χ1) is 23.3. The van der Waals surface area contributed by atoms with Crippen molar-refractivity contribution in [3.8, 4) is 5.75 Å². The van der Waals surface area contributed by atoms with Crippen LogP contribution in [0, 0.1) is 23.7 Å². The van der Waals surface area contributed by atoms with Gasteiger partial charge in [-0.05, 0) is 97.7 Å². The van der Waals surface area contributed by atoms with Crippen LogP contribution in [0.2, 0.25) is 5.02 Å². The van der Waals surface area contributed by atoms with Gasteiger partial charge in [0.2, 0.25) is 11.8 Å². The lowest BCUT2D eigenvalue weighted by molar-refractivity contribution is -0.167. The molecule has 5 atom stereocenters. The van der Waals surface area contributed by atoms with Gasteiger partial charge in [-0.3, -0.25) is 9.59 Å². The van der Waals surface area contributed by atoms with Gasteiger partial charge in [-0.25, -0.2) is 21.9 Å². The van der Waals surface area contributed by atoms with Gasteiger partial charge in [-0.15, -0.1) is 0 Å².